The van der Waals surface area contributed by atoms with Gasteiger partial charge < -0.3 is 15.0 Å². The average molecular weight is 284 g/mol. The van der Waals surface area contributed by atoms with Gasteiger partial charge in [-0.2, -0.15) is 0 Å². The molecule has 114 valence electrons. The number of carbonyl (C=O) groups is 3. The van der Waals surface area contributed by atoms with Gasteiger partial charge in [0, 0.05) is 13.0 Å². The molecular weight excluding hydrogens is 260 g/mol. The molecule has 1 rings (SSSR count). The van der Waals surface area contributed by atoms with Gasteiger partial charge in [0.05, 0.1) is 6.61 Å². The first-order valence-electron chi connectivity index (χ1n) is 7.10. The Bertz CT molecular complexity index is 377. The van der Waals surface area contributed by atoms with Gasteiger partial charge in [0.15, 0.2) is 0 Å². The SMILES string of the molecule is CCOC(=O)CN(C(=O)C(NC(C)=O)C(C)C)C1CC1. The Hall–Kier alpha value is -1.59. The van der Waals surface area contributed by atoms with Crippen LogP contribution in [0.15, 0.2) is 0 Å². The van der Waals surface area contributed by atoms with Crippen LogP contribution in [0.1, 0.15) is 40.5 Å². The van der Waals surface area contributed by atoms with E-state index >= 15 is 0 Å². The number of hydrogen-bond acceptors (Lipinski definition) is 4. The fourth-order valence-corrected chi connectivity index (χ4v) is 2.03. The van der Waals surface area contributed by atoms with Crippen molar-refractivity contribution in [3.63, 3.8) is 0 Å². The Kier molecular flexibility index (Phi) is 5.98. The van der Waals surface area contributed by atoms with Crippen LogP contribution in [0, 0.1) is 5.92 Å². The zero-order valence-corrected chi connectivity index (χ0v) is 12.6. The maximum Gasteiger partial charge on any atom is 0.325 e. The summed E-state index contributed by atoms with van der Waals surface area (Å²) >= 11 is 0. The van der Waals surface area contributed by atoms with Crippen molar-refractivity contribution < 1.29 is 19.1 Å². The van der Waals surface area contributed by atoms with Gasteiger partial charge in [-0.1, -0.05) is 13.8 Å². The first-order valence-corrected chi connectivity index (χ1v) is 7.10. The summed E-state index contributed by atoms with van der Waals surface area (Å²) in [6, 6.07) is -0.496. The quantitative estimate of drug-likeness (QED) is 0.698. The second-order valence-corrected chi connectivity index (χ2v) is 5.42. The molecule has 0 bridgehead atoms. The molecular formula is C14H24N2O4. The van der Waals surface area contributed by atoms with Gasteiger partial charge in [-0.3, -0.25) is 14.4 Å². The van der Waals surface area contributed by atoms with E-state index in [2.05, 4.69) is 5.32 Å². The van der Waals surface area contributed by atoms with Gasteiger partial charge in [0.2, 0.25) is 11.8 Å². The third-order valence-corrected chi connectivity index (χ3v) is 3.17. The number of amides is 2. The normalized spacial score (nSPS) is 15.7. The molecule has 0 radical (unpaired) electrons. The molecule has 0 spiro atoms. The number of nitrogens with one attached hydrogen (secondary N) is 1. The van der Waals surface area contributed by atoms with Crippen LogP contribution >= 0.6 is 0 Å². The lowest BCUT2D eigenvalue weighted by molar-refractivity contribution is -0.150. The van der Waals surface area contributed by atoms with Gasteiger partial charge >= 0.3 is 5.97 Å². The maximum atomic E-state index is 12.5. The predicted molar refractivity (Wildman–Crippen MR) is 73.8 cm³/mol. The highest BCUT2D eigenvalue weighted by Gasteiger charge is 2.38. The number of ether oxygens (including phenoxy) is 1. The highest BCUT2D eigenvalue weighted by molar-refractivity contribution is 5.89. The minimum atomic E-state index is -0.595. The maximum absolute atomic E-state index is 12.5. The molecule has 0 aliphatic heterocycles. The summed E-state index contributed by atoms with van der Waals surface area (Å²) in [5, 5.41) is 2.67. The molecule has 2 amide bonds. The summed E-state index contributed by atoms with van der Waals surface area (Å²) in [6.07, 6.45) is 1.80. The fourth-order valence-electron chi connectivity index (χ4n) is 2.03. The monoisotopic (exact) mass is 284 g/mol. The van der Waals surface area contributed by atoms with E-state index in [0.29, 0.717) is 6.61 Å². The molecule has 1 fully saturated rings. The summed E-state index contributed by atoms with van der Waals surface area (Å²) in [4.78, 5) is 36.9. The van der Waals surface area contributed by atoms with Crippen molar-refractivity contribution in [1.82, 2.24) is 10.2 Å². The van der Waals surface area contributed by atoms with Crippen LogP contribution in [0.5, 0.6) is 0 Å². The summed E-state index contributed by atoms with van der Waals surface area (Å²) in [7, 11) is 0. The largest absolute Gasteiger partial charge is 0.465 e. The van der Waals surface area contributed by atoms with Crippen LogP contribution in [-0.4, -0.2) is 47.9 Å². The summed E-state index contributed by atoms with van der Waals surface area (Å²) in [5.41, 5.74) is 0. The molecule has 0 aromatic rings. The third kappa shape index (κ3) is 4.83. The van der Waals surface area contributed by atoms with E-state index in [-0.39, 0.29) is 30.3 Å². The van der Waals surface area contributed by atoms with E-state index in [0.717, 1.165) is 12.8 Å². The molecule has 1 atom stereocenters. The van der Waals surface area contributed by atoms with Crippen LogP contribution < -0.4 is 5.32 Å². The van der Waals surface area contributed by atoms with Crippen molar-refractivity contribution in [2.75, 3.05) is 13.2 Å². The average Bonchev–Trinajstić information content (AvgIpc) is 3.16. The number of esters is 1. The van der Waals surface area contributed by atoms with E-state index in [9.17, 15) is 14.4 Å². The molecule has 0 aromatic carbocycles. The minimum Gasteiger partial charge on any atom is -0.465 e. The van der Waals surface area contributed by atoms with Gasteiger partial charge in [-0.05, 0) is 25.7 Å². The Morgan fingerprint density at radius 1 is 1.30 bits per heavy atom. The Morgan fingerprint density at radius 2 is 1.90 bits per heavy atom. The molecule has 6 nitrogen and oxygen atoms in total. The van der Waals surface area contributed by atoms with Gasteiger partial charge in [0.1, 0.15) is 12.6 Å². The van der Waals surface area contributed by atoms with E-state index in [1.807, 2.05) is 13.8 Å². The predicted octanol–water partition coefficient (Wildman–Crippen LogP) is 0.701. The van der Waals surface area contributed by atoms with Gasteiger partial charge in [-0.15, -0.1) is 0 Å². The second-order valence-electron chi connectivity index (χ2n) is 5.42. The lowest BCUT2D eigenvalue weighted by atomic mass is 10.0. The van der Waals surface area contributed by atoms with Crippen molar-refractivity contribution >= 4 is 17.8 Å². The topological polar surface area (TPSA) is 75.7 Å². The van der Waals surface area contributed by atoms with E-state index in [1.165, 1.54) is 6.92 Å². The van der Waals surface area contributed by atoms with E-state index in [4.69, 9.17) is 4.74 Å². The number of rotatable bonds is 7. The second kappa shape index (κ2) is 7.26. The van der Waals surface area contributed by atoms with Crippen LogP contribution in [-0.2, 0) is 19.1 Å². The molecule has 1 aliphatic rings. The van der Waals surface area contributed by atoms with Crippen LogP contribution in [0.25, 0.3) is 0 Å². The molecule has 1 aliphatic carbocycles. The molecule has 0 saturated heterocycles. The van der Waals surface area contributed by atoms with Crippen molar-refractivity contribution in [1.29, 1.82) is 0 Å². The van der Waals surface area contributed by atoms with Crippen LogP contribution in [0.4, 0.5) is 0 Å². The Morgan fingerprint density at radius 3 is 2.30 bits per heavy atom. The first-order chi connectivity index (χ1) is 9.36. The van der Waals surface area contributed by atoms with Crippen LogP contribution in [0.2, 0.25) is 0 Å². The van der Waals surface area contributed by atoms with E-state index < -0.39 is 12.0 Å². The summed E-state index contributed by atoms with van der Waals surface area (Å²) in [6.45, 7) is 7.11. The van der Waals surface area contributed by atoms with Crippen molar-refractivity contribution in [3.8, 4) is 0 Å². The zero-order valence-electron chi connectivity index (χ0n) is 12.6. The van der Waals surface area contributed by atoms with Gasteiger partial charge in [0.25, 0.3) is 0 Å². The van der Waals surface area contributed by atoms with Crippen molar-refractivity contribution in [2.45, 2.75) is 52.6 Å². The molecule has 0 heterocycles. The van der Waals surface area contributed by atoms with Gasteiger partial charge in [-0.25, -0.2) is 0 Å². The highest BCUT2D eigenvalue weighted by atomic mass is 16.5. The molecule has 6 heteroatoms. The fraction of sp³-hybridized carbons (Fsp3) is 0.786. The van der Waals surface area contributed by atoms with E-state index in [1.54, 1.807) is 11.8 Å². The highest BCUT2D eigenvalue weighted by Crippen LogP contribution is 2.28. The molecule has 1 saturated carbocycles. The summed E-state index contributed by atoms with van der Waals surface area (Å²) in [5.74, 6) is -0.886. The standard InChI is InChI=1S/C14H24N2O4/c1-5-20-12(18)8-16(11-6-7-11)14(19)13(9(2)3)15-10(4)17/h9,11,13H,5-8H2,1-4H3,(H,15,17). The number of hydrogen-bond donors (Lipinski definition) is 1. The zero-order chi connectivity index (χ0) is 15.3. The summed E-state index contributed by atoms with van der Waals surface area (Å²) < 4.78 is 4.90. The lowest BCUT2D eigenvalue weighted by Crippen LogP contribution is -2.52. The molecule has 0 aromatic heterocycles. The number of carbonyl (C=O) groups excluding carboxylic acids is 3. The number of nitrogens with zero attached hydrogens (tertiary/aromatic N) is 1. The molecule has 1 N–H and O–H groups in total. The minimum absolute atomic E-state index is 0.0326. The van der Waals surface area contributed by atoms with Crippen LogP contribution in [0.3, 0.4) is 0 Å². The Balaban J connectivity index is 2.75. The molecule has 1 unspecified atom stereocenters. The Labute approximate surface area is 119 Å². The van der Waals surface area contributed by atoms with Crippen molar-refractivity contribution in [2.24, 2.45) is 5.92 Å². The smallest absolute Gasteiger partial charge is 0.325 e. The third-order valence-electron chi connectivity index (χ3n) is 3.17. The first kappa shape index (κ1) is 16.5. The lowest BCUT2D eigenvalue weighted by Gasteiger charge is -2.29. The molecule has 20 heavy (non-hydrogen) atoms. The van der Waals surface area contributed by atoms with Crippen molar-refractivity contribution in [3.05, 3.63) is 0 Å².